The van der Waals surface area contributed by atoms with E-state index in [1.165, 1.54) is 22.3 Å². The van der Waals surface area contributed by atoms with Gasteiger partial charge in [-0.25, -0.2) is 0 Å². The molecule has 0 aromatic heterocycles. The fraction of sp³-hybridized carbons (Fsp3) is 0.231. The molecule has 3 aromatic rings. The lowest BCUT2D eigenvalue weighted by Gasteiger charge is -2.17. The highest BCUT2D eigenvalue weighted by Gasteiger charge is 2.14. The molecule has 3 aromatic carbocycles. The topological polar surface area (TPSA) is 40.5 Å². The zero-order chi connectivity index (χ0) is 19.9. The van der Waals surface area contributed by atoms with E-state index < -0.39 is 12.2 Å². The van der Waals surface area contributed by atoms with Crippen LogP contribution in [0.25, 0.3) is 11.1 Å². The molecular weight excluding hydrogens is 344 g/mol. The van der Waals surface area contributed by atoms with Crippen LogP contribution in [-0.4, -0.2) is 22.4 Å². The first-order chi connectivity index (χ1) is 13.6. The Kier molecular flexibility index (Phi) is 6.80. The van der Waals surface area contributed by atoms with Crippen molar-refractivity contribution in [2.45, 2.75) is 38.9 Å². The van der Waals surface area contributed by atoms with E-state index in [2.05, 4.69) is 67.6 Å². The van der Waals surface area contributed by atoms with Gasteiger partial charge in [0, 0.05) is 6.42 Å². The van der Waals surface area contributed by atoms with Crippen molar-refractivity contribution in [2.24, 2.45) is 0 Å². The summed E-state index contributed by atoms with van der Waals surface area (Å²) in [5.41, 5.74) is 7.14. The summed E-state index contributed by atoms with van der Waals surface area (Å²) in [5, 5.41) is 19.5. The second-order valence-corrected chi connectivity index (χ2v) is 7.15. The van der Waals surface area contributed by atoms with Gasteiger partial charge in [0.2, 0.25) is 0 Å². The molecule has 0 amide bonds. The molecule has 0 fully saturated rings. The molecular formula is C26H28O2. The van der Waals surface area contributed by atoms with Gasteiger partial charge in [0.25, 0.3) is 0 Å². The lowest BCUT2D eigenvalue weighted by Crippen LogP contribution is -2.24. The average molecular weight is 373 g/mol. The van der Waals surface area contributed by atoms with Gasteiger partial charge in [-0.05, 0) is 46.7 Å². The van der Waals surface area contributed by atoms with Gasteiger partial charge in [-0.1, -0.05) is 91.9 Å². The zero-order valence-electron chi connectivity index (χ0n) is 16.5. The lowest BCUT2D eigenvalue weighted by atomic mass is 9.87. The minimum Gasteiger partial charge on any atom is -0.391 e. The van der Waals surface area contributed by atoms with Crippen LogP contribution in [0.15, 0.2) is 84.9 Å². The molecule has 0 aliphatic carbocycles. The van der Waals surface area contributed by atoms with Crippen molar-refractivity contribution in [3.8, 4) is 0 Å². The maximum atomic E-state index is 9.95. The van der Waals surface area contributed by atoms with Crippen LogP contribution in [0.4, 0.5) is 0 Å². The van der Waals surface area contributed by atoms with Gasteiger partial charge < -0.3 is 10.2 Å². The average Bonchev–Trinajstić information content (AvgIpc) is 2.74. The third-order valence-corrected chi connectivity index (χ3v) is 5.08. The quantitative estimate of drug-likeness (QED) is 0.550. The number of hydrogen-bond donors (Lipinski definition) is 2. The molecule has 2 N–H and O–H groups in total. The number of hydrogen-bond acceptors (Lipinski definition) is 2. The summed E-state index contributed by atoms with van der Waals surface area (Å²) in [4.78, 5) is 0. The Labute approximate surface area is 167 Å². The van der Waals surface area contributed by atoms with E-state index in [1.807, 2.05) is 24.3 Å². The number of rotatable bonds is 7. The van der Waals surface area contributed by atoms with Crippen molar-refractivity contribution in [2.75, 3.05) is 0 Å². The van der Waals surface area contributed by atoms with E-state index in [0.29, 0.717) is 6.42 Å². The maximum Gasteiger partial charge on any atom is 0.0836 e. The highest BCUT2D eigenvalue weighted by molar-refractivity contribution is 5.98. The van der Waals surface area contributed by atoms with Gasteiger partial charge in [-0.15, -0.1) is 0 Å². The van der Waals surface area contributed by atoms with Crippen molar-refractivity contribution >= 4 is 11.1 Å². The Hall–Kier alpha value is -2.68. The SMILES string of the molecule is CC/C(=C(\c1ccccc1)c1ccc(CC(O)C(C)O)cc1)c1ccccc1. The van der Waals surface area contributed by atoms with E-state index in [-0.39, 0.29) is 0 Å². The summed E-state index contributed by atoms with van der Waals surface area (Å²) < 4.78 is 0. The van der Waals surface area contributed by atoms with Crippen LogP contribution in [0.2, 0.25) is 0 Å². The summed E-state index contributed by atoms with van der Waals surface area (Å²) >= 11 is 0. The van der Waals surface area contributed by atoms with Crippen molar-refractivity contribution in [3.05, 3.63) is 107 Å². The highest BCUT2D eigenvalue weighted by atomic mass is 16.3. The van der Waals surface area contributed by atoms with Crippen molar-refractivity contribution in [3.63, 3.8) is 0 Å². The summed E-state index contributed by atoms with van der Waals surface area (Å²) in [6, 6.07) is 29.3. The molecule has 144 valence electrons. The van der Waals surface area contributed by atoms with Crippen LogP contribution in [0.3, 0.4) is 0 Å². The third kappa shape index (κ3) is 4.78. The second kappa shape index (κ2) is 9.50. The van der Waals surface area contributed by atoms with E-state index in [1.54, 1.807) is 6.92 Å². The first kappa shape index (κ1) is 20.1. The Morgan fingerprint density at radius 3 is 1.71 bits per heavy atom. The van der Waals surface area contributed by atoms with Crippen LogP contribution in [0.1, 0.15) is 42.5 Å². The fourth-order valence-electron chi connectivity index (χ4n) is 3.50. The van der Waals surface area contributed by atoms with Crippen molar-refractivity contribution in [1.29, 1.82) is 0 Å². The molecule has 0 aliphatic heterocycles. The van der Waals surface area contributed by atoms with Crippen LogP contribution in [0.5, 0.6) is 0 Å². The van der Waals surface area contributed by atoms with E-state index >= 15 is 0 Å². The third-order valence-electron chi connectivity index (χ3n) is 5.08. The number of allylic oxidation sites excluding steroid dienone is 1. The molecule has 0 bridgehead atoms. The molecule has 2 heteroatoms. The number of benzene rings is 3. The molecule has 28 heavy (non-hydrogen) atoms. The molecule has 2 nitrogen and oxygen atoms in total. The minimum atomic E-state index is -0.745. The summed E-state index contributed by atoms with van der Waals surface area (Å²) in [7, 11) is 0. The smallest absolute Gasteiger partial charge is 0.0836 e. The second-order valence-electron chi connectivity index (χ2n) is 7.15. The standard InChI is InChI=1S/C26H28O2/c1-3-24(21-10-6-4-7-11-21)26(22-12-8-5-9-13-22)23-16-14-20(15-17-23)18-25(28)19(2)27/h4-17,19,25,27-28H,3,18H2,1-2H3/b26-24-. The summed E-state index contributed by atoms with van der Waals surface area (Å²) in [6.07, 6.45) is -0.104. The van der Waals surface area contributed by atoms with Crippen molar-refractivity contribution < 1.29 is 10.2 Å². The van der Waals surface area contributed by atoms with Crippen LogP contribution >= 0.6 is 0 Å². The van der Waals surface area contributed by atoms with Gasteiger partial charge >= 0.3 is 0 Å². The van der Waals surface area contributed by atoms with Crippen LogP contribution < -0.4 is 0 Å². The molecule has 0 saturated carbocycles. The molecule has 3 rings (SSSR count). The van der Waals surface area contributed by atoms with Gasteiger partial charge in [0.15, 0.2) is 0 Å². The predicted octanol–water partition coefficient (Wildman–Crippen LogP) is 5.34. The van der Waals surface area contributed by atoms with Crippen LogP contribution in [-0.2, 0) is 6.42 Å². The summed E-state index contributed by atoms with van der Waals surface area (Å²) in [5.74, 6) is 0. The molecule has 0 aliphatic rings. The molecule has 0 saturated heterocycles. The first-order valence-corrected chi connectivity index (χ1v) is 9.89. The fourth-order valence-corrected chi connectivity index (χ4v) is 3.50. The van der Waals surface area contributed by atoms with Gasteiger partial charge in [-0.3, -0.25) is 0 Å². The molecule has 0 spiro atoms. The monoisotopic (exact) mass is 372 g/mol. The minimum absolute atomic E-state index is 0.446. The molecule has 0 radical (unpaired) electrons. The zero-order valence-corrected chi connectivity index (χ0v) is 16.5. The Balaban J connectivity index is 2.07. The highest BCUT2D eigenvalue weighted by Crippen LogP contribution is 2.34. The number of aliphatic hydroxyl groups excluding tert-OH is 2. The number of aliphatic hydroxyl groups is 2. The molecule has 0 heterocycles. The largest absolute Gasteiger partial charge is 0.391 e. The van der Waals surface area contributed by atoms with E-state index in [4.69, 9.17) is 0 Å². The first-order valence-electron chi connectivity index (χ1n) is 9.89. The normalized spacial score (nSPS) is 14.3. The Morgan fingerprint density at radius 2 is 1.21 bits per heavy atom. The summed E-state index contributed by atoms with van der Waals surface area (Å²) in [6.45, 7) is 3.81. The van der Waals surface area contributed by atoms with Gasteiger partial charge in [0.1, 0.15) is 0 Å². The Bertz CT molecular complexity index is 894. The van der Waals surface area contributed by atoms with Crippen LogP contribution in [0, 0.1) is 0 Å². The van der Waals surface area contributed by atoms with Gasteiger partial charge in [-0.2, -0.15) is 0 Å². The van der Waals surface area contributed by atoms with Gasteiger partial charge in [0.05, 0.1) is 12.2 Å². The predicted molar refractivity (Wildman–Crippen MR) is 117 cm³/mol. The van der Waals surface area contributed by atoms with Crippen molar-refractivity contribution in [1.82, 2.24) is 0 Å². The lowest BCUT2D eigenvalue weighted by molar-refractivity contribution is 0.0319. The Morgan fingerprint density at radius 1 is 0.714 bits per heavy atom. The molecule has 2 unspecified atom stereocenters. The van der Waals surface area contributed by atoms with E-state index in [0.717, 1.165) is 17.5 Å². The maximum absolute atomic E-state index is 9.95. The molecule has 2 atom stereocenters. The van der Waals surface area contributed by atoms with E-state index in [9.17, 15) is 10.2 Å².